The van der Waals surface area contributed by atoms with Crippen molar-refractivity contribution in [2.45, 2.75) is 25.7 Å². The Hall–Kier alpha value is -2.14. The Morgan fingerprint density at radius 1 is 1.29 bits per heavy atom. The highest BCUT2D eigenvalue weighted by Gasteiger charge is 2.26. The highest BCUT2D eigenvalue weighted by Crippen LogP contribution is 2.27. The summed E-state index contributed by atoms with van der Waals surface area (Å²) in [4.78, 5) is 12.3. The van der Waals surface area contributed by atoms with Gasteiger partial charge in [-0.3, -0.25) is 4.79 Å². The number of carbonyl (C=O) groups excluding carboxylic acids is 1. The molecule has 1 aromatic heterocycles. The average molecular weight is 284 g/mol. The van der Waals surface area contributed by atoms with Crippen LogP contribution >= 0.6 is 0 Å². The molecule has 0 aliphatic heterocycles. The van der Waals surface area contributed by atoms with Crippen LogP contribution in [0.25, 0.3) is 5.69 Å². The van der Waals surface area contributed by atoms with Gasteiger partial charge < -0.3 is 11.1 Å². The third kappa shape index (κ3) is 2.69. The summed E-state index contributed by atoms with van der Waals surface area (Å²) in [6, 6.07) is 9.98. The van der Waals surface area contributed by atoms with Gasteiger partial charge >= 0.3 is 0 Å². The quantitative estimate of drug-likeness (QED) is 0.816. The van der Waals surface area contributed by atoms with E-state index in [0.717, 1.165) is 36.9 Å². The van der Waals surface area contributed by atoms with Gasteiger partial charge in [0.05, 0.1) is 5.69 Å². The Balaban J connectivity index is 1.91. The van der Waals surface area contributed by atoms with Crippen molar-refractivity contribution in [3.8, 4) is 5.69 Å². The highest BCUT2D eigenvalue weighted by molar-refractivity contribution is 5.94. The minimum atomic E-state index is -0.0868. The number of fused-ring (bicyclic) bond motifs is 1. The molecule has 110 valence electrons. The molecule has 1 aliphatic carbocycles. The third-order valence-corrected chi connectivity index (χ3v) is 3.81. The van der Waals surface area contributed by atoms with Gasteiger partial charge in [0, 0.05) is 17.8 Å². The van der Waals surface area contributed by atoms with Crippen LogP contribution in [0.2, 0.25) is 0 Å². The lowest BCUT2D eigenvalue weighted by Crippen LogP contribution is -2.27. The highest BCUT2D eigenvalue weighted by atomic mass is 16.1. The zero-order valence-corrected chi connectivity index (χ0v) is 12.0. The number of hydrogen-bond acceptors (Lipinski definition) is 3. The first-order valence-electron chi connectivity index (χ1n) is 7.45. The van der Waals surface area contributed by atoms with Gasteiger partial charge in [0.2, 0.25) is 0 Å². The van der Waals surface area contributed by atoms with Crippen molar-refractivity contribution >= 4 is 5.91 Å². The van der Waals surface area contributed by atoms with Crippen LogP contribution < -0.4 is 11.1 Å². The van der Waals surface area contributed by atoms with Gasteiger partial charge in [-0.1, -0.05) is 18.2 Å². The Morgan fingerprint density at radius 3 is 2.86 bits per heavy atom. The number of nitrogens with zero attached hydrogens (tertiary/aromatic N) is 2. The van der Waals surface area contributed by atoms with E-state index in [-0.39, 0.29) is 5.91 Å². The van der Waals surface area contributed by atoms with Gasteiger partial charge in [-0.2, -0.15) is 5.10 Å². The Bertz CT molecular complexity index is 633. The third-order valence-electron chi connectivity index (χ3n) is 3.81. The fourth-order valence-electron chi connectivity index (χ4n) is 2.79. The molecule has 0 bridgehead atoms. The number of rotatable bonds is 5. The van der Waals surface area contributed by atoms with Gasteiger partial charge in [0.15, 0.2) is 5.69 Å². The minimum absolute atomic E-state index is 0.0868. The summed E-state index contributed by atoms with van der Waals surface area (Å²) in [6.45, 7) is 1.18. The molecule has 5 nitrogen and oxygen atoms in total. The number of carbonyl (C=O) groups is 1. The van der Waals surface area contributed by atoms with Crippen molar-refractivity contribution in [2.24, 2.45) is 5.73 Å². The number of hydrogen-bond donors (Lipinski definition) is 2. The first-order chi connectivity index (χ1) is 10.3. The zero-order valence-electron chi connectivity index (χ0n) is 12.0. The van der Waals surface area contributed by atoms with E-state index in [0.29, 0.717) is 18.8 Å². The number of nitrogens with two attached hydrogens (primary N) is 1. The van der Waals surface area contributed by atoms with E-state index in [2.05, 4.69) is 10.4 Å². The molecule has 0 saturated carbocycles. The van der Waals surface area contributed by atoms with Gasteiger partial charge in [-0.15, -0.1) is 0 Å². The van der Waals surface area contributed by atoms with Crippen LogP contribution in [0, 0.1) is 0 Å². The second-order valence-electron chi connectivity index (χ2n) is 5.27. The molecule has 1 aliphatic rings. The largest absolute Gasteiger partial charge is 0.351 e. The molecule has 0 atom stereocenters. The van der Waals surface area contributed by atoms with Crippen molar-refractivity contribution in [1.29, 1.82) is 0 Å². The summed E-state index contributed by atoms with van der Waals surface area (Å²) in [5.74, 6) is -0.0868. The molecule has 21 heavy (non-hydrogen) atoms. The number of benzene rings is 1. The summed E-state index contributed by atoms with van der Waals surface area (Å²) in [5, 5.41) is 7.45. The van der Waals surface area contributed by atoms with E-state index in [4.69, 9.17) is 5.73 Å². The minimum Gasteiger partial charge on any atom is -0.351 e. The predicted molar refractivity (Wildman–Crippen MR) is 81.6 cm³/mol. The maximum Gasteiger partial charge on any atom is 0.272 e. The summed E-state index contributed by atoms with van der Waals surface area (Å²) in [5.41, 5.74) is 9.31. The van der Waals surface area contributed by atoms with Crippen LogP contribution in [0.4, 0.5) is 0 Å². The van der Waals surface area contributed by atoms with Crippen LogP contribution in [0.1, 0.15) is 34.6 Å². The molecule has 0 unspecified atom stereocenters. The van der Waals surface area contributed by atoms with Crippen molar-refractivity contribution in [1.82, 2.24) is 15.1 Å². The van der Waals surface area contributed by atoms with Crippen LogP contribution in [0.3, 0.4) is 0 Å². The van der Waals surface area contributed by atoms with Crippen molar-refractivity contribution in [3.63, 3.8) is 0 Å². The van der Waals surface area contributed by atoms with E-state index in [1.807, 2.05) is 35.0 Å². The van der Waals surface area contributed by atoms with Crippen LogP contribution in [-0.2, 0) is 12.8 Å². The lowest BCUT2D eigenvalue weighted by atomic mass is 10.2. The Labute approximate surface area is 124 Å². The normalized spacial score (nSPS) is 13.2. The fraction of sp³-hybridized carbons (Fsp3) is 0.375. The molecule has 2 aromatic rings. The van der Waals surface area contributed by atoms with Crippen LogP contribution in [-0.4, -0.2) is 28.8 Å². The van der Waals surface area contributed by atoms with Gasteiger partial charge in [0.25, 0.3) is 5.91 Å². The number of para-hydroxylation sites is 1. The molecule has 0 spiro atoms. The topological polar surface area (TPSA) is 72.9 Å². The molecule has 5 heteroatoms. The van der Waals surface area contributed by atoms with E-state index in [9.17, 15) is 4.79 Å². The lowest BCUT2D eigenvalue weighted by molar-refractivity contribution is 0.0947. The zero-order chi connectivity index (χ0) is 14.7. The molecule has 0 saturated heterocycles. The second kappa shape index (κ2) is 6.10. The van der Waals surface area contributed by atoms with E-state index < -0.39 is 0 Å². The maximum atomic E-state index is 12.3. The predicted octanol–water partition coefficient (Wildman–Crippen LogP) is 1.44. The van der Waals surface area contributed by atoms with Gasteiger partial charge in [-0.05, 0) is 44.4 Å². The van der Waals surface area contributed by atoms with Crippen molar-refractivity contribution < 1.29 is 4.79 Å². The SMILES string of the molecule is NCCCNC(=O)c1nn(-c2ccccc2)c2c1CCC2. The summed E-state index contributed by atoms with van der Waals surface area (Å²) in [7, 11) is 0. The molecule has 0 fully saturated rings. The molecule has 1 heterocycles. The van der Waals surface area contributed by atoms with E-state index in [1.165, 1.54) is 5.69 Å². The fourth-order valence-corrected chi connectivity index (χ4v) is 2.79. The molecule has 1 aromatic carbocycles. The van der Waals surface area contributed by atoms with E-state index >= 15 is 0 Å². The first kappa shape index (κ1) is 13.8. The van der Waals surface area contributed by atoms with Gasteiger partial charge in [-0.25, -0.2) is 4.68 Å². The van der Waals surface area contributed by atoms with E-state index in [1.54, 1.807) is 0 Å². The van der Waals surface area contributed by atoms with Crippen LogP contribution in [0.15, 0.2) is 30.3 Å². The molecule has 3 N–H and O–H groups in total. The summed E-state index contributed by atoms with van der Waals surface area (Å²) in [6.07, 6.45) is 3.78. The van der Waals surface area contributed by atoms with Crippen molar-refractivity contribution in [3.05, 3.63) is 47.3 Å². The molecule has 1 amide bonds. The summed E-state index contributed by atoms with van der Waals surface area (Å²) >= 11 is 0. The second-order valence-corrected chi connectivity index (χ2v) is 5.27. The smallest absolute Gasteiger partial charge is 0.272 e. The van der Waals surface area contributed by atoms with Gasteiger partial charge in [0.1, 0.15) is 0 Å². The monoisotopic (exact) mass is 284 g/mol. The first-order valence-corrected chi connectivity index (χ1v) is 7.45. The number of nitrogens with one attached hydrogen (secondary N) is 1. The molecular weight excluding hydrogens is 264 g/mol. The molecular formula is C16H20N4O. The average Bonchev–Trinajstić information content (AvgIpc) is 3.10. The van der Waals surface area contributed by atoms with Crippen LogP contribution in [0.5, 0.6) is 0 Å². The molecule has 0 radical (unpaired) electrons. The number of aromatic nitrogens is 2. The van der Waals surface area contributed by atoms with Crippen molar-refractivity contribution in [2.75, 3.05) is 13.1 Å². The molecule has 3 rings (SSSR count). The maximum absolute atomic E-state index is 12.3. The summed E-state index contributed by atoms with van der Waals surface area (Å²) < 4.78 is 1.92. The lowest BCUT2D eigenvalue weighted by Gasteiger charge is -2.05. The standard InChI is InChI=1S/C16H20N4O/c17-10-5-11-18-16(21)15-13-8-4-9-14(13)20(19-15)12-6-2-1-3-7-12/h1-3,6-7H,4-5,8-11,17H2,(H,18,21). The Morgan fingerprint density at radius 2 is 2.10 bits per heavy atom. The number of amides is 1. The Kier molecular flexibility index (Phi) is 4.01.